The van der Waals surface area contributed by atoms with Gasteiger partial charge in [-0.2, -0.15) is 0 Å². The van der Waals surface area contributed by atoms with Gasteiger partial charge in [-0.3, -0.25) is 9.59 Å². The fraction of sp³-hybridized carbons (Fsp3) is 0.176. The molecule has 0 spiro atoms. The molecule has 0 atom stereocenters. The van der Waals surface area contributed by atoms with Gasteiger partial charge in [0.25, 0.3) is 0 Å². The quantitative estimate of drug-likeness (QED) is 0.900. The summed E-state index contributed by atoms with van der Waals surface area (Å²) in [7, 11) is 0. The molecule has 2 rings (SSSR count). The third kappa shape index (κ3) is 4.76. The molecule has 0 saturated carbocycles. The van der Waals surface area contributed by atoms with Gasteiger partial charge in [-0.1, -0.05) is 24.3 Å². The minimum Gasteiger partial charge on any atom is -0.326 e. The number of hydrogen-bond donors (Lipinski definition) is 2. The van der Waals surface area contributed by atoms with Crippen LogP contribution in [0.15, 0.2) is 48.5 Å². The van der Waals surface area contributed by atoms with Crippen LogP contribution in [0.1, 0.15) is 27.8 Å². The Hall–Kier alpha value is -2.62. The molecule has 0 bridgehead atoms. The fourth-order valence-corrected chi connectivity index (χ4v) is 2.05. The summed E-state index contributed by atoms with van der Waals surface area (Å²) in [6, 6.07) is 15.5. The molecule has 21 heavy (non-hydrogen) atoms. The van der Waals surface area contributed by atoms with E-state index in [9.17, 15) is 9.59 Å². The van der Waals surface area contributed by atoms with Crippen LogP contribution in [-0.4, -0.2) is 11.8 Å². The molecule has 0 heterocycles. The zero-order valence-electron chi connectivity index (χ0n) is 12.1. The van der Waals surface area contributed by atoms with Gasteiger partial charge >= 0.3 is 0 Å². The van der Waals surface area contributed by atoms with Crippen LogP contribution in [0.25, 0.3) is 0 Å². The van der Waals surface area contributed by atoms with E-state index in [0.29, 0.717) is 0 Å². The third-order valence-electron chi connectivity index (χ3n) is 2.96. The minimum atomic E-state index is -0.0729. The molecule has 0 radical (unpaired) electrons. The van der Waals surface area contributed by atoms with Gasteiger partial charge in [0.05, 0.1) is 0 Å². The number of rotatable bonds is 4. The molecule has 2 amide bonds. The molecule has 2 aromatic rings. The van der Waals surface area contributed by atoms with Crippen LogP contribution in [0.3, 0.4) is 0 Å². The van der Waals surface area contributed by atoms with E-state index in [4.69, 9.17) is 0 Å². The van der Waals surface area contributed by atoms with E-state index < -0.39 is 0 Å². The molecule has 0 fully saturated rings. The summed E-state index contributed by atoms with van der Waals surface area (Å²) in [5.74, 6) is -0.146. The average molecular weight is 286 g/mol. The van der Waals surface area contributed by atoms with E-state index in [-0.39, 0.29) is 14.7 Å². The van der Waals surface area contributed by atoms with Crippen molar-refractivity contribution in [2.75, 3.05) is 10.6 Å². The van der Waals surface area contributed by atoms with Gasteiger partial charge in [0.1, 0.15) is 0 Å². The molecule has 112 valence electrons. The van der Waals surface area contributed by atoms with Crippen molar-refractivity contribution in [3.63, 3.8) is 0 Å². The van der Waals surface area contributed by atoms with Crippen LogP contribution in [0.4, 0.5) is 11.4 Å². The van der Waals surface area contributed by atoms with Crippen molar-refractivity contribution in [2.45, 2.75) is 20.3 Å². The molecule has 0 aliphatic heterocycles. The Bertz CT molecular complexity index is 583. The monoisotopic (exact) mass is 286 g/mol. The van der Waals surface area contributed by atoms with Crippen molar-refractivity contribution >= 4 is 23.2 Å². The lowest BCUT2D eigenvalue weighted by Crippen LogP contribution is -2.05. The predicted molar refractivity (Wildman–Crippen MR) is 88.5 cm³/mol. The highest BCUT2D eigenvalue weighted by atomic mass is 16.2. The van der Waals surface area contributed by atoms with E-state index in [1.54, 1.807) is 0 Å². The number of carbonyl (C=O) groups excluding carboxylic acids is 2. The van der Waals surface area contributed by atoms with E-state index in [2.05, 4.69) is 10.6 Å². The number of anilines is 2. The second-order valence-corrected chi connectivity index (χ2v) is 4.93. The number of benzene rings is 2. The molecule has 0 aliphatic rings. The van der Waals surface area contributed by atoms with Gasteiger partial charge in [-0.25, -0.2) is 0 Å². The Balaban J connectivity index is 0.00000242. The van der Waals surface area contributed by atoms with Gasteiger partial charge in [0.2, 0.25) is 11.8 Å². The molecule has 4 heteroatoms. The van der Waals surface area contributed by atoms with Crippen molar-refractivity contribution in [1.29, 1.82) is 0 Å². The Kier molecular flexibility index (Phi) is 4.72. The zero-order valence-corrected chi connectivity index (χ0v) is 12.1. The zero-order chi connectivity index (χ0) is 15.2. The van der Waals surface area contributed by atoms with Gasteiger partial charge in [0, 0.05) is 28.1 Å². The summed E-state index contributed by atoms with van der Waals surface area (Å²) in [5.41, 5.74) is 3.92. The van der Waals surface area contributed by atoms with E-state index >= 15 is 0 Å². The Labute approximate surface area is 127 Å². The van der Waals surface area contributed by atoms with Crippen LogP contribution in [0.2, 0.25) is 0 Å². The van der Waals surface area contributed by atoms with Crippen molar-refractivity contribution in [1.82, 2.24) is 0 Å². The van der Waals surface area contributed by atoms with Crippen molar-refractivity contribution in [3.05, 3.63) is 59.7 Å². The first kappa shape index (κ1) is 14.8. The van der Waals surface area contributed by atoms with Gasteiger partial charge in [-0.15, -0.1) is 0 Å². The Morgan fingerprint density at radius 2 is 1.10 bits per heavy atom. The first-order valence-corrected chi connectivity index (χ1v) is 6.76. The molecule has 4 nitrogen and oxygen atoms in total. The van der Waals surface area contributed by atoms with Gasteiger partial charge in [-0.05, 0) is 41.8 Å². The van der Waals surface area contributed by atoms with Crippen LogP contribution in [0.5, 0.6) is 0 Å². The second-order valence-electron chi connectivity index (χ2n) is 4.93. The summed E-state index contributed by atoms with van der Waals surface area (Å²) in [4.78, 5) is 21.9. The van der Waals surface area contributed by atoms with Crippen LogP contribution >= 0.6 is 0 Å². The number of carbonyl (C=O) groups is 2. The highest BCUT2D eigenvalue weighted by molar-refractivity contribution is 5.89. The molecule has 0 unspecified atom stereocenters. The molecular formula is C17H22N2O2. The summed E-state index contributed by atoms with van der Waals surface area (Å²) < 4.78 is 0. The lowest BCUT2D eigenvalue weighted by molar-refractivity contribution is -0.115. The Morgan fingerprint density at radius 3 is 1.38 bits per heavy atom. The van der Waals surface area contributed by atoms with Crippen LogP contribution in [0, 0.1) is 0 Å². The highest BCUT2D eigenvalue weighted by Crippen LogP contribution is 2.16. The summed E-state index contributed by atoms with van der Waals surface area (Å²) in [5, 5.41) is 5.48. The molecule has 0 aromatic heterocycles. The largest absolute Gasteiger partial charge is 0.326 e. The van der Waals surface area contributed by atoms with Crippen molar-refractivity contribution in [3.8, 4) is 0 Å². The first-order chi connectivity index (χ1) is 10.0. The van der Waals surface area contributed by atoms with Crippen LogP contribution < -0.4 is 10.6 Å². The minimum absolute atomic E-state index is 0. The standard InChI is InChI=1S/C17H18N2O2.2H2/c1-12(20)18-16-7-3-14(4-8-16)11-15-5-9-17(10-6-15)19-13(2)21;;/h3-10H,11H2,1-2H3,(H,18,20)(H,19,21);2*1H. The summed E-state index contributed by atoms with van der Waals surface area (Å²) in [6.45, 7) is 2.98. The number of hydrogen-bond acceptors (Lipinski definition) is 2. The maximum Gasteiger partial charge on any atom is 0.221 e. The normalized spacial score (nSPS) is 10.0. The molecule has 2 N–H and O–H groups in total. The van der Waals surface area contributed by atoms with Gasteiger partial charge < -0.3 is 10.6 Å². The summed E-state index contributed by atoms with van der Waals surface area (Å²) >= 11 is 0. The smallest absolute Gasteiger partial charge is 0.221 e. The topological polar surface area (TPSA) is 58.2 Å². The number of amides is 2. The maximum atomic E-state index is 11.0. The van der Waals surface area contributed by atoms with Gasteiger partial charge in [0.15, 0.2) is 0 Å². The fourth-order valence-electron chi connectivity index (χ4n) is 2.05. The average Bonchev–Trinajstić information content (AvgIpc) is 2.42. The Morgan fingerprint density at radius 1 is 0.762 bits per heavy atom. The molecule has 2 aromatic carbocycles. The van der Waals surface area contributed by atoms with E-state index in [1.165, 1.54) is 13.8 Å². The highest BCUT2D eigenvalue weighted by Gasteiger charge is 2.00. The van der Waals surface area contributed by atoms with Crippen molar-refractivity contribution < 1.29 is 12.4 Å². The molecule has 0 saturated heterocycles. The lowest BCUT2D eigenvalue weighted by Gasteiger charge is -2.06. The third-order valence-corrected chi connectivity index (χ3v) is 2.96. The van der Waals surface area contributed by atoms with Crippen LogP contribution in [-0.2, 0) is 16.0 Å². The summed E-state index contributed by atoms with van der Waals surface area (Å²) in [6.07, 6.45) is 0.806. The van der Waals surface area contributed by atoms with E-state index in [1.807, 2.05) is 48.5 Å². The molecule has 0 aliphatic carbocycles. The predicted octanol–water partition coefficient (Wildman–Crippen LogP) is 3.69. The maximum absolute atomic E-state index is 11.0. The number of nitrogens with one attached hydrogen (secondary N) is 2. The van der Waals surface area contributed by atoms with E-state index in [0.717, 1.165) is 28.9 Å². The SMILES string of the molecule is CC(=O)Nc1ccc(Cc2ccc(NC(C)=O)cc2)cc1.[HH].[HH]. The first-order valence-electron chi connectivity index (χ1n) is 6.76. The van der Waals surface area contributed by atoms with Crippen molar-refractivity contribution in [2.24, 2.45) is 0 Å². The second kappa shape index (κ2) is 6.70. The molecular weight excluding hydrogens is 264 g/mol. The lowest BCUT2D eigenvalue weighted by atomic mass is 10.0.